The van der Waals surface area contributed by atoms with Gasteiger partial charge in [-0.3, -0.25) is 4.99 Å². The third-order valence-corrected chi connectivity index (χ3v) is 4.33. The maximum absolute atomic E-state index is 9.97. The Kier molecular flexibility index (Phi) is 5.03. The first-order chi connectivity index (χ1) is 11.6. The number of hydrogen-bond acceptors (Lipinski definition) is 5. The van der Waals surface area contributed by atoms with Crippen LogP contribution in [0, 0.1) is 17.2 Å². The van der Waals surface area contributed by atoms with Crippen molar-refractivity contribution in [2.24, 2.45) is 10.9 Å². The fraction of sp³-hybridized carbons (Fsp3) is 0.176. The second-order valence-electron chi connectivity index (χ2n) is 5.38. The number of aliphatic imine (C=N–C) groups is 1. The summed E-state index contributed by atoms with van der Waals surface area (Å²) < 4.78 is 0. The van der Waals surface area contributed by atoms with Crippen LogP contribution in [0.15, 0.2) is 47.5 Å². The molecule has 1 saturated heterocycles. The predicted octanol–water partition coefficient (Wildman–Crippen LogP) is 3.43. The molecule has 3 atom stereocenters. The van der Waals surface area contributed by atoms with Gasteiger partial charge in [-0.15, -0.1) is 0 Å². The van der Waals surface area contributed by atoms with Crippen LogP contribution in [0.1, 0.15) is 17.2 Å². The average molecular weight is 361 g/mol. The van der Waals surface area contributed by atoms with Crippen LogP contribution in [0.25, 0.3) is 0 Å². The maximum Gasteiger partial charge on any atom is 0.143 e. The van der Waals surface area contributed by atoms with Crippen LogP contribution in [0.2, 0.25) is 10.0 Å². The van der Waals surface area contributed by atoms with Gasteiger partial charge in [0.2, 0.25) is 0 Å². The van der Waals surface area contributed by atoms with E-state index in [0.29, 0.717) is 10.6 Å². The van der Waals surface area contributed by atoms with E-state index in [4.69, 9.17) is 23.2 Å². The van der Waals surface area contributed by atoms with Crippen LogP contribution in [0.4, 0.5) is 0 Å². The van der Waals surface area contributed by atoms with E-state index in [1.54, 1.807) is 6.07 Å². The summed E-state index contributed by atoms with van der Waals surface area (Å²) in [4.78, 5) is 4.37. The molecule has 1 aliphatic heterocycles. The fourth-order valence-corrected chi connectivity index (χ4v) is 3.12. The van der Waals surface area contributed by atoms with Gasteiger partial charge < -0.3 is 5.11 Å². The highest BCUT2D eigenvalue weighted by Crippen LogP contribution is 2.31. The van der Waals surface area contributed by atoms with Crippen molar-refractivity contribution < 1.29 is 5.11 Å². The van der Waals surface area contributed by atoms with Gasteiger partial charge in [0.25, 0.3) is 0 Å². The number of phenols is 1. The summed E-state index contributed by atoms with van der Waals surface area (Å²) in [6.07, 6.45) is 1.00. The lowest BCUT2D eigenvalue weighted by atomic mass is 9.94. The number of benzene rings is 2. The molecule has 1 aliphatic rings. The van der Waals surface area contributed by atoms with Gasteiger partial charge in [-0.2, -0.15) is 5.26 Å². The number of nitriles is 1. The van der Waals surface area contributed by atoms with Crippen molar-refractivity contribution in [3.8, 4) is 11.8 Å². The van der Waals surface area contributed by atoms with E-state index >= 15 is 0 Å². The van der Waals surface area contributed by atoms with Gasteiger partial charge in [-0.1, -0.05) is 53.5 Å². The van der Waals surface area contributed by atoms with E-state index in [1.165, 1.54) is 12.3 Å². The summed E-state index contributed by atoms with van der Waals surface area (Å²) in [5.74, 6) is -0.496. The molecular weight excluding hydrogens is 347 g/mol. The van der Waals surface area contributed by atoms with Crippen LogP contribution >= 0.6 is 23.2 Å². The zero-order chi connectivity index (χ0) is 17.1. The number of halogens is 2. The van der Waals surface area contributed by atoms with Gasteiger partial charge in [0.05, 0.1) is 17.1 Å². The van der Waals surface area contributed by atoms with Crippen LogP contribution in [-0.4, -0.2) is 17.5 Å². The first-order valence-corrected chi connectivity index (χ1v) is 8.02. The Bertz CT molecular complexity index is 804. The average Bonchev–Trinajstić information content (AvgIpc) is 3.00. The monoisotopic (exact) mass is 360 g/mol. The first-order valence-electron chi connectivity index (χ1n) is 7.27. The molecule has 3 N–H and O–H groups in total. The minimum Gasteiger partial charge on any atom is -0.506 e. The van der Waals surface area contributed by atoms with E-state index in [1.807, 2.05) is 30.3 Å². The molecule has 1 heterocycles. The number of phenolic OH excluding ortho intramolecular Hbond substituents is 1. The summed E-state index contributed by atoms with van der Waals surface area (Å²) in [6.45, 7) is 0. The molecule has 5 nitrogen and oxygen atoms in total. The highest BCUT2D eigenvalue weighted by Gasteiger charge is 2.36. The highest BCUT2D eigenvalue weighted by atomic mass is 35.5. The van der Waals surface area contributed by atoms with Crippen molar-refractivity contribution in [1.29, 1.82) is 5.26 Å². The molecule has 122 valence electrons. The van der Waals surface area contributed by atoms with Crippen LogP contribution < -0.4 is 10.9 Å². The standard InChI is InChI=1S/C17H14Cl2N4O/c18-12-6-11(16(24)14(19)7-12)9-21-17-13(8-20)15(22-23-17)10-4-2-1-3-5-10/h1-7,9,13,15,17,22-24H/b21-9+. The van der Waals surface area contributed by atoms with Crippen molar-refractivity contribution in [1.82, 2.24) is 10.9 Å². The number of aromatic hydroxyl groups is 1. The van der Waals surface area contributed by atoms with Gasteiger partial charge in [-0.25, -0.2) is 10.9 Å². The van der Waals surface area contributed by atoms with Gasteiger partial charge in [0, 0.05) is 16.8 Å². The summed E-state index contributed by atoms with van der Waals surface area (Å²) >= 11 is 11.8. The molecule has 3 rings (SSSR count). The fourth-order valence-electron chi connectivity index (χ4n) is 2.61. The van der Waals surface area contributed by atoms with Crippen molar-refractivity contribution in [2.45, 2.75) is 12.2 Å². The van der Waals surface area contributed by atoms with Crippen molar-refractivity contribution in [2.75, 3.05) is 0 Å². The van der Waals surface area contributed by atoms with Gasteiger partial charge in [0.15, 0.2) is 0 Å². The summed E-state index contributed by atoms with van der Waals surface area (Å²) in [6, 6.07) is 14.8. The first kappa shape index (κ1) is 16.7. The lowest BCUT2D eigenvalue weighted by molar-refractivity contribution is 0.474. The molecule has 0 spiro atoms. The Morgan fingerprint density at radius 1 is 1.17 bits per heavy atom. The molecule has 0 bridgehead atoms. The van der Waals surface area contributed by atoms with Crippen molar-refractivity contribution in [3.63, 3.8) is 0 Å². The minimum absolute atomic E-state index is 0.0936. The highest BCUT2D eigenvalue weighted by molar-refractivity contribution is 6.36. The molecular formula is C17H14Cl2N4O. The van der Waals surface area contributed by atoms with Crippen molar-refractivity contribution >= 4 is 29.4 Å². The summed E-state index contributed by atoms with van der Waals surface area (Å²) in [7, 11) is 0. The van der Waals surface area contributed by atoms with Gasteiger partial charge >= 0.3 is 0 Å². The van der Waals surface area contributed by atoms with E-state index in [-0.39, 0.29) is 16.8 Å². The Hall–Kier alpha value is -2.10. The second-order valence-corrected chi connectivity index (χ2v) is 6.22. The van der Waals surface area contributed by atoms with Gasteiger partial charge in [0.1, 0.15) is 17.8 Å². The molecule has 24 heavy (non-hydrogen) atoms. The zero-order valence-corrected chi connectivity index (χ0v) is 14.0. The summed E-state index contributed by atoms with van der Waals surface area (Å²) in [5, 5.41) is 20.0. The lowest BCUT2D eigenvalue weighted by Crippen LogP contribution is -2.30. The Morgan fingerprint density at radius 2 is 1.92 bits per heavy atom. The van der Waals surface area contributed by atoms with E-state index in [2.05, 4.69) is 21.9 Å². The lowest BCUT2D eigenvalue weighted by Gasteiger charge is -2.14. The maximum atomic E-state index is 9.97. The molecule has 2 aromatic carbocycles. The molecule has 7 heteroatoms. The Balaban J connectivity index is 1.82. The van der Waals surface area contributed by atoms with Crippen molar-refractivity contribution in [3.05, 3.63) is 63.6 Å². The normalized spacial score (nSPS) is 23.5. The number of nitrogens with one attached hydrogen (secondary N) is 2. The van der Waals surface area contributed by atoms with E-state index in [9.17, 15) is 10.4 Å². The largest absolute Gasteiger partial charge is 0.506 e. The predicted molar refractivity (Wildman–Crippen MR) is 94.1 cm³/mol. The number of rotatable bonds is 3. The number of hydrazine groups is 1. The van der Waals surface area contributed by atoms with Crippen LogP contribution in [0.5, 0.6) is 5.75 Å². The molecule has 2 aromatic rings. The topological polar surface area (TPSA) is 80.4 Å². The molecule has 3 unspecified atom stereocenters. The number of nitrogens with zero attached hydrogens (tertiary/aromatic N) is 2. The Morgan fingerprint density at radius 3 is 2.62 bits per heavy atom. The van der Waals surface area contributed by atoms with Crippen LogP contribution in [-0.2, 0) is 0 Å². The molecule has 0 aliphatic carbocycles. The zero-order valence-electron chi connectivity index (χ0n) is 12.4. The third-order valence-electron chi connectivity index (χ3n) is 3.83. The molecule has 1 fully saturated rings. The Labute approximate surface area is 149 Å². The van der Waals surface area contributed by atoms with E-state index in [0.717, 1.165) is 5.56 Å². The molecule has 0 aromatic heterocycles. The minimum atomic E-state index is -0.461. The van der Waals surface area contributed by atoms with E-state index < -0.39 is 12.1 Å². The molecule has 0 radical (unpaired) electrons. The van der Waals surface area contributed by atoms with Gasteiger partial charge in [-0.05, 0) is 17.7 Å². The van der Waals surface area contributed by atoms with Crippen LogP contribution in [0.3, 0.4) is 0 Å². The summed E-state index contributed by atoms with van der Waals surface area (Å²) in [5.41, 5.74) is 7.50. The SMILES string of the molecule is N#CC1C(/N=C/c2cc(Cl)cc(Cl)c2O)NNC1c1ccccc1. The second kappa shape index (κ2) is 7.20. The molecule has 0 amide bonds. The smallest absolute Gasteiger partial charge is 0.143 e. The molecule has 0 saturated carbocycles. The quantitative estimate of drug-likeness (QED) is 0.732. The number of hydrogen-bond donors (Lipinski definition) is 3. The third kappa shape index (κ3) is 3.37.